The van der Waals surface area contributed by atoms with Gasteiger partial charge in [0, 0.05) is 58.5 Å². The van der Waals surface area contributed by atoms with Crippen LogP contribution in [0.1, 0.15) is 63.9 Å². The molecule has 6 aromatic rings. The summed E-state index contributed by atoms with van der Waals surface area (Å²) in [6.45, 7) is 0. The summed E-state index contributed by atoms with van der Waals surface area (Å²) >= 11 is 0. The van der Waals surface area contributed by atoms with Crippen LogP contribution in [0.4, 0.5) is 0 Å². The zero-order valence-corrected chi connectivity index (χ0v) is 33.3. The monoisotopic (exact) mass is 902 g/mol. The van der Waals surface area contributed by atoms with Crippen LogP contribution in [0.2, 0.25) is 0 Å². The van der Waals surface area contributed by atoms with Gasteiger partial charge in [-0.15, -0.1) is 0 Å². The van der Waals surface area contributed by atoms with Crippen LogP contribution in [-0.2, 0) is 6.42 Å². The largest absolute Gasteiger partial charge is 0.508 e. The molecule has 0 radical (unpaired) electrons. The van der Waals surface area contributed by atoms with Gasteiger partial charge in [-0.1, -0.05) is 6.07 Å². The fourth-order valence-electron chi connectivity index (χ4n) is 7.40. The zero-order chi connectivity index (χ0) is 47.2. The van der Waals surface area contributed by atoms with Crippen molar-refractivity contribution >= 4 is 0 Å². The number of phenols is 12. The van der Waals surface area contributed by atoms with Crippen molar-refractivity contribution in [2.75, 3.05) is 0 Å². The van der Waals surface area contributed by atoms with Crippen molar-refractivity contribution in [3.05, 3.63) is 124 Å². The lowest BCUT2D eigenvalue weighted by Gasteiger charge is -2.34. The van der Waals surface area contributed by atoms with Gasteiger partial charge in [-0.25, -0.2) is 0 Å². The first-order valence-electron chi connectivity index (χ1n) is 19.3. The summed E-state index contributed by atoms with van der Waals surface area (Å²) in [6, 6.07) is 19.5. The zero-order valence-electron chi connectivity index (χ0n) is 33.3. The van der Waals surface area contributed by atoms with Crippen LogP contribution in [0.15, 0.2) is 91.0 Å². The predicted molar refractivity (Wildman–Crippen MR) is 220 cm³/mol. The number of phenolic OH excluding ortho intramolecular Hbond substituents is 12. The molecule has 10 rings (SSSR count). The van der Waals surface area contributed by atoms with Crippen LogP contribution in [-0.4, -0.2) is 105 Å². The molecule has 342 valence electrons. The highest BCUT2D eigenvalue weighted by atomic mass is 16.5. The van der Waals surface area contributed by atoms with E-state index in [1.54, 1.807) is 0 Å². The molecular weight excluding hydrogens is 860 g/mol. The molecule has 20 heteroatoms. The first-order chi connectivity index (χ1) is 30.7. The maximum atomic E-state index is 10.3. The minimum Gasteiger partial charge on any atom is -0.508 e. The van der Waals surface area contributed by atoms with E-state index in [1.165, 1.54) is 66.7 Å². The number of rotatable bonds is 3. The minimum atomic E-state index is -1.36. The molecule has 4 aliphatic rings. The number of hydrogen-bond acceptors (Lipinski definition) is 20. The quantitative estimate of drug-likeness (QED) is 0.113. The number of fused-ring (bicyclic) bond motifs is 7. The Labute approximate surface area is 366 Å². The molecule has 0 saturated heterocycles. The smallest absolute Gasteiger partial charge is 0.200 e. The van der Waals surface area contributed by atoms with Gasteiger partial charge in [0.05, 0.1) is 6.10 Å². The first-order valence-corrected chi connectivity index (χ1v) is 19.3. The molecule has 65 heavy (non-hydrogen) atoms. The second-order valence-electron chi connectivity index (χ2n) is 15.2. The average Bonchev–Trinajstić information content (AvgIpc) is 3.25. The van der Waals surface area contributed by atoms with Gasteiger partial charge < -0.3 is 101 Å². The first kappa shape index (κ1) is 45.2. The molecule has 0 amide bonds. The lowest BCUT2D eigenvalue weighted by Crippen LogP contribution is -2.34. The minimum absolute atomic E-state index is 0.00967. The lowest BCUT2D eigenvalue weighted by molar-refractivity contribution is -0.0701. The second kappa shape index (κ2) is 17.7. The fourth-order valence-corrected chi connectivity index (χ4v) is 7.40. The van der Waals surface area contributed by atoms with Crippen LogP contribution >= 0.6 is 0 Å². The van der Waals surface area contributed by atoms with E-state index >= 15 is 0 Å². The molecule has 0 saturated carbocycles. The Balaban J connectivity index is 0.000000145. The van der Waals surface area contributed by atoms with E-state index in [0.717, 1.165) is 24.3 Å². The molecule has 6 aromatic carbocycles. The summed E-state index contributed by atoms with van der Waals surface area (Å²) < 4.78 is 16.7. The third kappa shape index (κ3) is 9.00. The number of benzene rings is 6. The third-order valence-corrected chi connectivity index (χ3v) is 10.8. The van der Waals surface area contributed by atoms with Crippen LogP contribution in [0.5, 0.6) is 86.2 Å². The van der Waals surface area contributed by atoms with Gasteiger partial charge in [0.25, 0.3) is 0 Å². The van der Waals surface area contributed by atoms with Crippen molar-refractivity contribution in [2.24, 2.45) is 0 Å². The molecule has 0 aromatic heterocycles. The molecular formula is C45H42O20. The summed E-state index contributed by atoms with van der Waals surface area (Å²) in [4.78, 5) is 0. The van der Waals surface area contributed by atoms with E-state index in [-0.39, 0.29) is 74.9 Å². The number of aliphatic hydroxyl groups excluding tert-OH is 5. The summed E-state index contributed by atoms with van der Waals surface area (Å²) in [5.74, 6) is -4.16. The predicted octanol–water partition coefficient (Wildman–Crippen LogP) is 3.62. The molecule has 8 atom stereocenters. The van der Waals surface area contributed by atoms with Gasteiger partial charge in [0.15, 0.2) is 58.2 Å². The number of hydrogen-bond donors (Lipinski definition) is 17. The normalized spacial score (nSPS) is 22.7. The highest BCUT2D eigenvalue weighted by Gasteiger charge is 2.39. The SMILES string of the molecule is Oc1ccc([C@H]2Oc3cc(O)c(c(O)c3)C[C@@H]2O)cc1O.Oc1ccc2c(c1)O[C@H](c1cc(O)c(O)c(O)c1)[C@@H](O)[C@H]2O.Oc1ccc2c(c1)O[C@H](c1cc(O)c(O)c(O)c1)[C@@H](O)[C@H]2O. The van der Waals surface area contributed by atoms with Crippen molar-refractivity contribution in [1.82, 2.24) is 0 Å². The summed E-state index contributed by atoms with van der Waals surface area (Å²) in [5, 5.41) is 165. The van der Waals surface area contributed by atoms with Crippen molar-refractivity contribution in [3.63, 3.8) is 0 Å². The Morgan fingerprint density at radius 2 is 0.785 bits per heavy atom. The van der Waals surface area contributed by atoms with Crippen LogP contribution in [0.3, 0.4) is 0 Å². The van der Waals surface area contributed by atoms with Crippen molar-refractivity contribution in [3.8, 4) is 86.2 Å². The van der Waals surface area contributed by atoms with E-state index in [0.29, 0.717) is 16.7 Å². The molecule has 0 fully saturated rings. The third-order valence-electron chi connectivity index (χ3n) is 10.8. The molecule has 0 unspecified atom stereocenters. The molecule has 2 bridgehead atoms. The number of aromatic hydroxyl groups is 12. The molecule has 0 aliphatic carbocycles. The van der Waals surface area contributed by atoms with Gasteiger partial charge >= 0.3 is 0 Å². The highest BCUT2D eigenvalue weighted by molar-refractivity contribution is 5.55. The van der Waals surface area contributed by atoms with Crippen molar-refractivity contribution < 1.29 is 101 Å². The van der Waals surface area contributed by atoms with Gasteiger partial charge in [-0.05, 0) is 66.2 Å². The van der Waals surface area contributed by atoms with Gasteiger partial charge in [-0.2, -0.15) is 0 Å². The van der Waals surface area contributed by atoms with Gasteiger partial charge in [-0.3, -0.25) is 0 Å². The molecule has 4 heterocycles. The highest BCUT2D eigenvalue weighted by Crippen LogP contribution is 2.48. The summed E-state index contributed by atoms with van der Waals surface area (Å²) in [5.41, 5.74) is 1.66. The Kier molecular flexibility index (Phi) is 12.3. The van der Waals surface area contributed by atoms with Gasteiger partial charge in [0.2, 0.25) is 0 Å². The fraction of sp³-hybridized carbons (Fsp3) is 0.200. The number of ether oxygens (including phenoxy) is 3. The maximum absolute atomic E-state index is 10.3. The molecule has 0 spiro atoms. The summed E-state index contributed by atoms with van der Waals surface area (Å²) in [7, 11) is 0. The number of aliphatic hydroxyl groups is 5. The topological polar surface area (TPSA) is 372 Å². The summed E-state index contributed by atoms with van der Waals surface area (Å²) in [6.07, 6.45) is -9.30. The van der Waals surface area contributed by atoms with Crippen molar-refractivity contribution in [1.29, 1.82) is 0 Å². The van der Waals surface area contributed by atoms with E-state index in [1.807, 2.05) is 0 Å². The van der Waals surface area contributed by atoms with Crippen LogP contribution in [0, 0.1) is 0 Å². The van der Waals surface area contributed by atoms with E-state index < -0.39 is 83.3 Å². The molecule has 20 nitrogen and oxygen atoms in total. The lowest BCUT2D eigenvalue weighted by atomic mass is 9.92. The van der Waals surface area contributed by atoms with Gasteiger partial charge in [0.1, 0.15) is 70.8 Å². The Morgan fingerprint density at radius 1 is 0.369 bits per heavy atom. The molecule has 17 N–H and O–H groups in total. The Bertz CT molecular complexity index is 2550. The van der Waals surface area contributed by atoms with E-state index in [4.69, 9.17) is 14.2 Å². The van der Waals surface area contributed by atoms with Crippen LogP contribution in [0.25, 0.3) is 0 Å². The standard InChI is InChI=1S/2C15H14O7.C15H14O6/c2*16-7-1-2-8-11(5-7)22-15(14(21)12(8)19)6-3-9(17)13(20)10(18)4-6;16-10-2-1-7(3-13(10)19)15-14(20)6-9-11(17)4-8(21-15)5-12(9)18/h2*1-5,12,14-21H;1-5,14-20H,6H2/t2*12-,14-,15+;14-,15+/m000/s1. The van der Waals surface area contributed by atoms with Crippen molar-refractivity contribution in [2.45, 2.75) is 55.3 Å². The van der Waals surface area contributed by atoms with Crippen LogP contribution < -0.4 is 14.2 Å². The Morgan fingerprint density at radius 3 is 1.20 bits per heavy atom. The Hall–Kier alpha value is -7.88. The van der Waals surface area contributed by atoms with E-state index in [2.05, 4.69) is 0 Å². The van der Waals surface area contributed by atoms with E-state index in [9.17, 15) is 86.8 Å². The average molecular weight is 903 g/mol. The maximum Gasteiger partial charge on any atom is 0.200 e. The molecule has 4 aliphatic heterocycles. The second-order valence-corrected chi connectivity index (χ2v) is 15.2.